The molecule has 0 bridgehead atoms. The Morgan fingerprint density at radius 2 is 1.74 bits per heavy atom. The van der Waals surface area contributed by atoms with Gasteiger partial charge in [-0.3, -0.25) is 9.59 Å². The molecule has 0 saturated carbocycles. The first-order valence-corrected chi connectivity index (χ1v) is 9.74. The quantitative estimate of drug-likeness (QED) is 0.781. The summed E-state index contributed by atoms with van der Waals surface area (Å²) in [5, 5.41) is 2.59. The maximum Gasteiger partial charge on any atom is 0.407 e. The van der Waals surface area contributed by atoms with Gasteiger partial charge >= 0.3 is 6.09 Å². The molecule has 7 nitrogen and oxygen atoms in total. The van der Waals surface area contributed by atoms with Crippen molar-refractivity contribution < 1.29 is 19.1 Å². The fourth-order valence-corrected chi connectivity index (χ4v) is 3.11. The normalized spacial score (nSPS) is 14.7. The first-order chi connectivity index (χ1) is 12.7. The van der Waals surface area contributed by atoms with E-state index in [0.29, 0.717) is 31.7 Å². The van der Waals surface area contributed by atoms with Crippen molar-refractivity contribution in [3.63, 3.8) is 0 Å². The highest BCUT2D eigenvalue weighted by Crippen LogP contribution is 2.15. The van der Waals surface area contributed by atoms with Gasteiger partial charge in [-0.1, -0.05) is 22.0 Å². The van der Waals surface area contributed by atoms with E-state index >= 15 is 0 Å². The van der Waals surface area contributed by atoms with E-state index in [-0.39, 0.29) is 24.8 Å². The van der Waals surface area contributed by atoms with Crippen molar-refractivity contribution >= 4 is 33.8 Å². The summed E-state index contributed by atoms with van der Waals surface area (Å²) in [5.74, 6) is -0.0735. The van der Waals surface area contributed by atoms with Gasteiger partial charge in [0.05, 0.1) is 0 Å². The smallest absolute Gasteiger partial charge is 0.407 e. The zero-order chi connectivity index (χ0) is 20.0. The summed E-state index contributed by atoms with van der Waals surface area (Å²) >= 11 is 3.37. The van der Waals surface area contributed by atoms with E-state index in [1.165, 1.54) is 0 Å². The van der Waals surface area contributed by atoms with Crippen LogP contribution in [0.25, 0.3) is 0 Å². The van der Waals surface area contributed by atoms with Crippen LogP contribution in [-0.4, -0.2) is 66.0 Å². The molecule has 1 N–H and O–H groups in total. The Hall–Kier alpha value is -2.09. The number of carbonyl (C=O) groups excluding carboxylic acids is 3. The van der Waals surface area contributed by atoms with E-state index in [1.807, 2.05) is 12.1 Å². The van der Waals surface area contributed by atoms with Gasteiger partial charge in [-0.25, -0.2) is 4.79 Å². The molecule has 0 aliphatic carbocycles. The number of ether oxygens (including phenoxy) is 1. The number of hydrogen-bond acceptors (Lipinski definition) is 4. The van der Waals surface area contributed by atoms with Gasteiger partial charge in [-0.2, -0.15) is 0 Å². The largest absolute Gasteiger partial charge is 0.444 e. The summed E-state index contributed by atoms with van der Waals surface area (Å²) < 4.78 is 5.99. The number of alkyl carbamates (subject to hydrolysis) is 1. The minimum Gasteiger partial charge on any atom is -0.444 e. The molecule has 1 fully saturated rings. The van der Waals surface area contributed by atoms with Crippen molar-refractivity contribution in [2.45, 2.75) is 32.8 Å². The molecular weight excluding hydrogens is 414 g/mol. The molecule has 0 spiro atoms. The van der Waals surface area contributed by atoms with E-state index in [1.54, 1.807) is 42.7 Å². The van der Waals surface area contributed by atoms with Crippen LogP contribution in [0.2, 0.25) is 0 Å². The summed E-state index contributed by atoms with van der Waals surface area (Å²) in [7, 11) is 0. The molecule has 3 amide bonds. The molecule has 0 aromatic heterocycles. The second-order valence-electron chi connectivity index (χ2n) is 7.36. The van der Waals surface area contributed by atoms with E-state index in [4.69, 9.17) is 4.74 Å². The predicted molar refractivity (Wildman–Crippen MR) is 105 cm³/mol. The number of piperazine rings is 1. The van der Waals surface area contributed by atoms with Crippen LogP contribution in [0.15, 0.2) is 28.7 Å². The number of benzene rings is 1. The van der Waals surface area contributed by atoms with Crippen LogP contribution in [0.5, 0.6) is 0 Å². The standard InChI is InChI=1S/C19H26BrN3O4/c1-19(2,3)27-18(26)21-8-7-16(24)22-9-11-23(12-10-22)17(25)14-5-4-6-15(20)13-14/h4-6,13H,7-12H2,1-3H3,(H,21,26). The Bertz CT molecular complexity index is 694. The molecular formula is C19H26BrN3O4. The highest BCUT2D eigenvalue weighted by molar-refractivity contribution is 9.10. The van der Waals surface area contributed by atoms with Crippen LogP contribution in [0, 0.1) is 0 Å². The third-order valence-corrected chi connectivity index (χ3v) is 4.49. The van der Waals surface area contributed by atoms with Crippen molar-refractivity contribution in [3.05, 3.63) is 34.3 Å². The number of halogens is 1. The topological polar surface area (TPSA) is 79.0 Å². The molecule has 0 radical (unpaired) electrons. The number of amides is 3. The van der Waals surface area contributed by atoms with Gasteiger partial charge in [0.25, 0.3) is 5.91 Å². The first kappa shape index (κ1) is 21.2. The maximum atomic E-state index is 12.5. The van der Waals surface area contributed by atoms with Gasteiger partial charge in [0.2, 0.25) is 5.91 Å². The number of carbonyl (C=O) groups is 3. The average Bonchev–Trinajstić information content (AvgIpc) is 2.59. The van der Waals surface area contributed by atoms with Crippen LogP contribution < -0.4 is 5.32 Å². The van der Waals surface area contributed by atoms with E-state index in [0.717, 1.165) is 4.47 Å². The number of nitrogens with one attached hydrogen (secondary N) is 1. The lowest BCUT2D eigenvalue weighted by molar-refractivity contribution is -0.132. The Morgan fingerprint density at radius 3 is 2.33 bits per heavy atom. The van der Waals surface area contributed by atoms with E-state index < -0.39 is 11.7 Å². The lowest BCUT2D eigenvalue weighted by Crippen LogP contribution is -2.51. The van der Waals surface area contributed by atoms with Crippen LogP contribution in [0.1, 0.15) is 37.6 Å². The van der Waals surface area contributed by atoms with Gasteiger partial charge in [0.15, 0.2) is 0 Å². The third-order valence-electron chi connectivity index (χ3n) is 4.00. The third kappa shape index (κ3) is 6.86. The Morgan fingerprint density at radius 1 is 1.11 bits per heavy atom. The molecule has 0 atom stereocenters. The average molecular weight is 440 g/mol. The lowest BCUT2D eigenvalue weighted by atomic mass is 10.2. The highest BCUT2D eigenvalue weighted by atomic mass is 79.9. The fraction of sp³-hybridized carbons (Fsp3) is 0.526. The van der Waals surface area contributed by atoms with Gasteiger partial charge in [-0.15, -0.1) is 0 Å². The molecule has 1 aliphatic rings. The highest BCUT2D eigenvalue weighted by Gasteiger charge is 2.25. The van der Waals surface area contributed by atoms with Gasteiger partial charge in [-0.05, 0) is 39.0 Å². The van der Waals surface area contributed by atoms with Crippen LogP contribution in [0.4, 0.5) is 4.79 Å². The van der Waals surface area contributed by atoms with Crippen LogP contribution in [-0.2, 0) is 9.53 Å². The summed E-state index contributed by atoms with van der Waals surface area (Å²) in [6, 6.07) is 7.28. The Kier molecular flexibility index (Phi) is 7.24. The molecule has 27 heavy (non-hydrogen) atoms. The maximum absolute atomic E-state index is 12.5. The lowest BCUT2D eigenvalue weighted by Gasteiger charge is -2.35. The molecule has 2 rings (SSSR count). The molecule has 1 aromatic carbocycles. The van der Waals surface area contributed by atoms with Crippen molar-refractivity contribution in [1.82, 2.24) is 15.1 Å². The van der Waals surface area contributed by atoms with Crippen molar-refractivity contribution in [2.75, 3.05) is 32.7 Å². The number of rotatable bonds is 4. The summed E-state index contributed by atoms with van der Waals surface area (Å²) in [6.45, 7) is 7.56. The fourth-order valence-electron chi connectivity index (χ4n) is 2.71. The SMILES string of the molecule is CC(C)(C)OC(=O)NCCC(=O)N1CCN(C(=O)c2cccc(Br)c2)CC1. The number of nitrogens with zero attached hydrogens (tertiary/aromatic N) is 2. The summed E-state index contributed by atoms with van der Waals surface area (Å²) in [5.41, 5.74) is 0.0661. The molecule has 1 saturated heterocycles. The Labute approximate surface area is 168 Å². The van der Waals surface area contributed by atoms with Gasteiger partial charge < -0.3 is 19.9 Å². The van der Waals surface area contributed by atoms with Crippen LogP contribution >= 0.6 is 15.9 Å². The zero-order valence-electron chi connectivity index (χ0n) is 16.0. The molecule has 0 unspecified atom stereocenters. The predicted octanol–water partition coefficient (Wildman–Crippen LogP) is 2.65. The van der Waals surface area contributed by atoms with Crippen molar-refractivity contribution in [2.24, 2.45) is 0 Å². The molecule has 1 aromatic rings. The second kappa shape index (κ2) is 9.21. The minimum atomic E-state index is -0.564. The number of hydrogen-bond donors (Lipinski definition) is 1. The summed E-state index contributed by atoms with van der Waals surface area (Å²) in [6.07, 6.45) is -0.321. The Balaban J connectivity index is 1.74. The zero-order valence-corrected chi connectivity index (χ0v) is 17.5. The molecule has 8 heteroatoms. The van der Waals surface area contributed by atoms with Crippen LogP contribution in [0.3, 0.4) is 0 Å². The first-order valence-electron chi connectivity index (χ1n) is 8.95. The second-order valence-corrected chi connectivity index (χ2v) is 8.28. The monoisotopic (exact) mass is 439 g/mol. The molecule has 1 aliphatic heterocycles. The van der Waals surface area contributed by atoms with Gasteiger partial charge in [0.1, 0.15) is 5.60 Å². The van der Waals surface area contributed by atoms with Gasteiger partial charge in [0, 0.05) is 49.2 Å². The van der Waals surface area contributed by atoms with Crippen molar-refractivity contribution in [3.8, 4) is 0 Å². The molecule has 148 valence electrons. The molecule has 1 heterocycles. The van der Waals surface area contributed by atoms with Crippen molar-refractivity contribution in [1.29, 1.82) is 0 Å². The van der Waals surface area contributed by atoms with E-state index in [2.05, 4.69) is 21.2 Å². The summed E-state index contributed by atoms with van der Waals surface area (Å²) in [4.78, 5) is 39.9. The minimum absolute atomic E-state index is 0.0324. The van der Waals surface area contributed by atoms with E-state index in [9.17, 15) is 14.4 Å².